The topological polar surface area (TPSA) is 55.6 Å². The lowest BCUT2D eigenvalue weighted by Gasteiger charge is -2.39. The summed E-state index contributed by atoms with van der Waals surface area (Å²) in [4.78, 5) is 13.8. The zero-order valence-electron chi connectivity index (χ0n) is 10.8. The van der Waals surface area contributed by atoms with Gasteiger partial charge < -0.3 is 15.4 Å². The number of piperidine rings is 1. The Labute approximate surface area is 98.1 Å². The van der Waals surface area contributed by atoms with Crippen LogP contribution in [0.2, 0.25) is 0 Å². The van der Waals surface area contributed by atoms with Crippen molar-refractivity contribution in [3.63, 3.8) is 0 Å². The summed E-state index contributed by atoms with van der Waals surface area (Å²) in [6, 6.07) is 0.217. The molecule has 2 atom stereocenters. The molecule has 4 heteroatoms. The second kappa shape index (κ2) is 5.04. The van der Waals surface area contributed by atoms with Gasteiger partial charge in [0.25, 0.3) is 0 Å². The molecule has 0 aromatic carbocycles. The van der Waals surface area contributed by atoms with E-state index in [0.29, 0.717) is 0 Å². The summed E-state index contributed by atoms with van der Waals surface area (Å²) >= 11 is 0. The predicted molar refractivity (Wildman–Crippen MR) is 64.2 cm³/mol. The Hall–Kier alpha value is -0.770. The highest BCUT2D eigenvalue weighted by atomic mass is 16.6. The fourth-order valence-electron chi connectivity index (χ4n) is 2.16. The minimum absolute atomic E-state index is 0.0891. The van der Waals surface area contributed by atoms with E-state index in [-0.39, 0.29) is 18.2 Å². The molecule has 0 saturated carbocycles. The first kappa shape index (κ1) is 13.3. The molecule has 0 spiro atoms. The third-order valence-corrected chi connectivity index (χ3v) is 2.88. The van der Waals surface area contributed by atoms with Crippen molar-refractivity contribution in [2.24, 2.45) is 5.73 Å². The lowest BCUT2D eigenvalue weighted by atomic mass is 9.95. The highest BCUT2D eigenvalue weighted by molar-refractivity contribution is 5.68. The van der Waals surface area contributed by atoms with Gasteiger partial charge in [0.1, 0.15) is 5.60 Å². The minimum atomic E-state index is -0.434. The molecule has 16 heavy (non-hydrogen) atoms. The third-order valence-electron chi connectivity index (χ3n) is 2.88. The van der Waals surface area contributed by atoms with Gasteiger partial charge in [0, 0.05) is 18.6 Å². The van der Waals surface area contributed by atoms with Crippen LogP contribution in [0.5, 0.6) is 0 Å². The molecule has 2 N–H and O–H groups in total. The van der Waals surface area contributed by atoms with E-state index in [9.17, 15) is 4.79 Å². The smallest absolute Gasteiger partial charge is 0.410 e. The summed E-state index contributed by atoms with van der Waals surface area (Å²) in [5.74, 6) is 0. The summed E-state index contributed by atoms with van der Waals surface area (Å²) in [7, 11) is 0. The van der Waals surface area contributed by atoms with E-state index in [2.05, 4.69) is 6.92 Å². The number of amides is 1. The van der Waals surface area contributed by atoms with E-state index in [0.717, 1.165) is 25.8 Å². The van der Waals surface area contributed by atoms with E-state index >= 15 is 0 Å². The van der Waals surface area contributed by atoms with Crippen LogP contribution < -0.4 is 5.73 Å². The number of nitrogens with zero attached hydrogens (tertiary/aromatic N) is 1. The van der Waals surface area contributed by atoms with Crippen LogP contribution in [0.3, 0.4) is 0 Å². The third kappa shape index (κ3) is 3.37. The van der Waals surface area contributed by atoms with Gasteiger partial charge in [0.15, 0.2) is 0 Å². The SMILES string of the molecule is CCC1C(N)CCCN1C(=O)OC(C)(C)C. The molecular weight excluding hydrogens is 204 g/mol. The summed E-state index contributed by atoms with van der Waals surface area (Å²) in [6.45, 7) is 8.48. The van der Waals surface area contributed by atoms with Crippen molar-refractivity contribution < 1.29 is 9.53 Å². The normalized spacial score (nSPS) is 26.7. The quantitative estimate of drug-likeness (QED) is 0.748. The minimum Gasteiger partial charge on any atom is -0.444 e. The number of likely N-dealkylation sites (tertiary alicyclic amines) is 1. The highest BCUT2D eigenvalue weighted by Crippen LogP contribution is 2.21. The van der Waals surface area contributed by atoms with E-state index < -0.39 is 5.60 Å². The standard InChI is InChI=1S/C12H24N2O2/c1-5-10-9(13)7-6-8-14(10)11(15)16-12(2,3)4/h9-10H,5-8,13H2,1-4H3. The van der Waals surface area contributed by atoms with Crippen LogP contribution in [-0.4, -0.2) is 35.2 Å². The fourth-order valence-corrected chi connectivity index (χ4v) is 2.16. The second-order valence-corrected chi connectivity index (χ2v) is 5.46. The molecule has 1 rings (SSSR count). The average Bonchev–Trinajstić information content (AvgIpc) is 2.14. The highest BCUT2D eigenvalue weighted by Gasteiger charge is 2.33. The summed E-state index contributed by atoms with van der Waals surface area (Å²) < 4.78 is 5.39. The first-order valence-electron chi connectivity index (χ1n) is 6.10. The summed E-state index contributed by atoms with van der Waals surface area (Å²) in [6.07, 6.45) is 2.63. The monoisotopic (exact) mass is 228 g/mol. The molecule has 1 saturated heterocycles. The Kier molecular flexibility index (Phi) is 4.19. The number of nitrogens with two attached hydrogens (primary N) is 1. The maximum absolute atomic E-state index is 12.0. The number of carbonyl (C=O) groups excluding carboxylic acids is 1. The second-order valence-electron chi connectivity index (χ2n) is 5.46. The van der Waals surface area contributed by atoms with Gasteiger partial charge in [0.05, 0.1) is 0 Å². The van der Waals surface area contributed by atoms with Crippen molar-refractivity contribution in [3.05, 3.63) is 0 Å². The van der Waals surface area contributed by atoms with Gasteiger partial charge in [-0.25, -0.2) is 4.79 Å². The number of hydrogen-bond acceptors (Lipinski definition) is 3. The van der Waals surface area contributed by atoms with E-state index in [4.69, 9.17) is 10.5 Å². The molecule has 1 heterocycles. The molecule has 1 fully saturated rings. The first-order valence-corrected chi connectivity index (χ1v) is 6.10. The Balaban J connectivity index is 2.66. The van der Waals surface area contributed by atoms with Gasteiger partial charge in [-0.15, -0.1) is 0 Å². The molecule has 0 aromatic rings. The van der Waals surface area contributed by atoms with Crippen LogP contribution in [-0.2, 0) is 4.74 Å². The molecule has 0 aromatic heterocycles. The number of carbonyl (C=O) groups is 1. The maximum Gasteiger partial charge on any atom is 0.410 e. The van der Waals surface area contributed by atoms with Crippen molar-refractivity contribution in [1.82, 2.24) is 4.90 Å². The first-order chi connectivity index (χ1) is 7.35. The molecule has 0 radical (unpaired) electrons. The van der Waals surface area contributed by atoms with Crippen molar-refractivity contribution in [3.8, 4) is 0 Å². The van der Waals surface area contributed by atoms with E-state index in [1.807, 2.05) is 20.8 Å². The molecule has 1 aliphatic rings. The van der Waals surface area contributed by atoms with Crippen LogP contribution in [0, 0.1) is 0 Å². The summed E-state index contributed by atoms with van der Waals surface area (Å²) in [5.41, 5.74) is 5.60. The fraction of sp³-hybridized carbons (Fsp3) is 0.917. The molecule has 1 aliphatic heterocycles. The molecular formula is C12H24N2O2. The van der Waals surface area contributed by atoms with Gasteiger partial charge in [-0.2, -0.15) is 0 Å². The predicted octanol–water partition coefficient (Wildman–Crippen LogP) is 2.12. The lowest BCUT2D eigenvalue weighted by Crippen LogP contribution is -2.54. The Morgan fingerprint density at radius 3 is 2.62 bits per heavy atom. The van der Waals surface area contributed by atoms with Crippen molar-refractivity contribution in [2.45, 2.75) is 64.6 Å². The van der Waals surface area contributed by atoms with Crippen LogP contribution >= 0.6 is 0 Å². The lowest BCUT2D eigenvalue weighted by molar-refractivity contribution is 0.00638. The van der Waals surface area contributed by atoms with Crippen LogP contribution in [0.1, 0.15) is 47.0 Å². The number of rotatable bonds is 1. The van der Waals surface area contributed by atoms with Gasteiger partial charge in [-0.05, 0) is 40.0 Å². The van der Waals surface area contributed by atoms with Crippen LogP contribution in [0.15, 0.2) is 0 Å². The average molecular weight is 228 g/mol. The molecule has 4 nitrogen and oxygen atoms in total. The van der Waals surface area contributed by atoms with Crippen molar-refractivity contribution in [2.75, 3.05) is 6.54 Å². The molecule has 1 amide bonds. The number of hydrogen-bond donors (Lipinski definition) is 1. The Bertz CT molecular complexity index is 248. The zero-order valence-corrected chi connectivity index (χ0v) is 10.8. The Morgan fingerprint density at radius 2 is 2.12 bits per heavy atom. The molecule has 2 unspecified atom stereocenters. The van der Waals surface area contributed by atoms with Gasteiger partial charge in [-0.1, -0.05) is 6.92 Å². The van der Waals surface area contributed by atoms with Gasteiger partial charge in [-0.3, -0.25) is 0 Å². The molecule has 0 bridgehead atoms. The van der Waals surface area contributed by atoms with Crippen LogP contribution in [0.4, 0.5) is 4.79 Å². The van der Waals surface area contributed by atoms with Crippen molar-refractivity contribution in [1.29, 1.82) is 0 Å². The van der Waals surface area contributed by atoms with E-state index in [1.165, 1.54) is 0 Å². The number of ether oxygens (including phenoxy) is 1. The summed E-state index contributed by atoms with van der Waals surface area (Å²) in [5, 5.41) is 0. The Morgan fingerprint density at radius 1 is 1.50 bits per heavy atom. The maximum atomic E-state index is 12.0. The van der Waals surface area contributed by atoms with Crippen molar-refractivity contribution >= 4 is 6.09 Å². The van der Waals surface area contributed by atoms with Gasteiger partial charge >= 0.3 is 6.09 Å². The van der Waals surface area contributed by atoms with Gasteiger partial charge in [0.2, 0.25) is 0 Å². The largest absolute Gasteiger partial charge is 0.444 e. The molecule has 0 aliphatic carbocycles. The van der Waals surface area contributed by atoms with E-state index in [1.54, 1.807) is 4.90 Å². The molecule has 94 valence electrons. The van der Waals surface area contributed by atoms with Crippen LogP contribution in [0.25, 0.3) is 0 Å². The zero-order chi connectivity index (χ0) is 12.3.